The van der Waals surface area contributed by atoms with E-state index in [2.05, 4.69) is 42.8 Å². The Kier molecular flexibility index (Phi) is 6.73. The fourth-order valence-corrected chi connectivity index (χ4v) is 5.00. The van der Waals surface area contributed by atoms with E-state index in [1.807, 2.05) is 42.5 Å². The zero-order valence-corrected chi connectivity index (χ0v) is 18.1. The van der Waals surface area contributed by atoms with Crippen LogP contribution in [0.25, 0.3) is 11.4 Å². The van der Waals surface area contributed by atoms with Crippen molar-refractivity contribution in [2.45, 2.75) is 18.1 Å². The van der Waals surface area contributed by atoms with Crippen LogP contribution in [0.3, 0.4) is 0 Å². The number of rotatable bonds is 8. The first-order valence-corrected chi connectivity index (χ1v) is 12.3. The molecule has 1 aromatic heterocycles. The second-order valence-electron chi connectivity index (χ2n) is 6.18. The maximum absolute atomic E-state index is 11.4. The Morgan fingerprint density at radius 2 is 1.74 bits per heavy atom. The smallest absolute Gasteiger partial charge is 0.191 e. The second kappa shape index (κ2) is 9.03. The minimum absolute atomic E-state index is 0.122. The summed E-state index contributed by atoms with van der Waals surface area (Å²) in [6.45, 7) is 0.726. The molecule has 3 rings (SSSR count). The van der Waals surface area contributed by atoms with Crippen molar-refractivity contribution in [1.29, 1.82) is 0 Å². The van der Waals surface area contributed by atoms with Gasteiger partial charge in [-0.15, -0.1) is 10.2 Å². The van der Waals surface area contributed by atoms with E-state index >= 15 is 0 Å². The molecule has 0 saturated carbocycles. The van der Waals surface area contributed by atoms with Gasteiger partial charge in [0.2, 0.25) is 0 Å². The first-order chi connectivity index (χ1) is 12.9. The Morgan fingerprint density at radius 1 is 1.04 bits per heavy atom. The normalized spacial score (nSPS) is 11.6. The van der Waals surface area contributed by atoms with E-state index in [-0.39, 0.29) is 5.75 Å². The predicted octanol–water partition coefficient (Wildman–Crippen LogP) is 4.09. The molecule has 0 unspecified atom stereocenters. The van der Waals surface area contributed by atoms with Crippen molar-refractivity contribution in [2.24, 2.45) is 0 Å². The van der Waals surface area contributed by atoms with Gasteiger partial charge in [-0.2, -0.15) is 0 Å². The van der Waals surface area contributed by atoms with Gasteiger partial charge in [0.25, 0.3) is 0 Å². The molecule has 0 spiro atoms. The Hall–Kier alpha value is -1.64. The monoisotopic (exact) mass is 465 g/mol. The standard InChI is InChI=1S/C19H20BrN3O2S2/c1-27(24,25)14-13-26-19-22-21-18(16-7-9-17(20)10-8-16)23(19)12-11-15-5-3-2-4-6-15/h2-10H,11-14H2,1H3. The number of aromatic nitrogens is 3. The number of halogens is 1. The SMILES string of the molecule is CS(=O)(=O)CCSc1nnc(-c2ccc(Br)cc2)n1CCc1ccccc1. The summed E-state index contributed by atoms with van der Waals surface area (Å²) in [5.74, 6) is 1.37. The van der Waals surface area contributed by atoms with Crippen molar-refractivity contribution in [2.75, 3.05) is 17.8 Å². The number of aryl methyl sites for hydroxylation is 1. The first-order valence-electron chi connectivity index (χ1n) is 8.46. The Morgan fingerprint density at radius 3 is 2.41 bits per heavy atom. The lowest BCUT2D eigenvalue weighted by molar-refractivity contribution is 0.603. The zero-order valence-electron chi connectivity index (χ0n) is 14.9. The molecule has 0 aliphatic heterocycles. The average Bonchev–Trinajstić information content (AvgIpc) is 3.03. The van der Waals surface area contributed by atoms with Crippen LogP contribution in [-0.4, -0.2) is 40.9 Å². The molecular weight excluding hydrogens is 446 g/mol. The molecule has 0 amide bonds. The lowest BCUT2D eigenvalue weighted by Crippen LogP contribution is -2.08. The van der Waals surface area contributed by atoms with Crippen LogP contribution in [0.1, 0.15) is 5.56 Å². The molecule has 5 nitrogen and oxygen atoms in total. The molecule has 0 aliphatic rings. The largest absolute Gasteiger partial charge is 0.302 e. The van der Waals surface area contributed by atoms with Gasteiger partial charge in [-0.25, -0.2) is 8.42 Å². The summed E-state index contributed by atoms with van der Waals surface area (Å²) in [5.41, 5.74) is 2.22. The molecule has 2 aromatic carbocycles. The third-order valence-corrected chi connectivity index (χ3v) is 6.67. The lowest BCUT2D eigenvalue weighted by atomic mass is 10.1. The summed E-state index contributed by atoms with van der Waals surface area (Å²) >= 11 is 4.88. The Bertz CT molecular complexity index is 988. The van der Waals surface area contributed by atoms with Crippen molar-refractivity contribution in [3.05, 3.63) is 64.6 Å². The van der Waals surface area contributed by atoms with Crippen molar-refractivity contribution < 1.29 is 8.42 Å². The summed E-state index contributed by atoms with van der Waals surface area (Å²) in [4.78, 5) is 0. The van der Waals surface area contributed by atoms with E-state index in [4.69, 9.17) is 0 Å². The molecule has 27 heavy (non-hydrogen) atoms. The third-order valence-electron chi connectivity index (χ3n) is 3.97. The number of hydrogen-bond acceptors (Lipinski definition) is 5. The van der Waals surface area contributed by atoms with Crippen molar-refractivity contribution in [3.8, 4) is 11.4 Å². The number of thioether (sulfide) groups is 1. The highest BCUT2D eigenvalue weighted by Gasteiger charge is 2.15. The summed E-state index contributed by atoms with van der Waals surface area (Å²) in [7, 11) is -3.00. The van der Waals surface area contributed by atoms with E-state index in [0.29, 0.717) is 5.75 Å². The number of sulfone groups is 1. The minimum atomic E-state index is -3.00. The molecule has 0 saturated heterocycles. The van der Waals surface area contributed by atoms with E-state index in [1.165, 1.54) is 23.6 Å². The van der Waals surface area contributed by atoms with E-state index < -0.39 is 9.84 Å². The van der Waals surface area contributed by atoms with Gasteiger partial charge in [-0.3, -0.25) is 0 Å². The van der Waals surface area contributed by atoms with Crippen LogP contribution in [0.5, 0.6) is 0 Å². The maximum Gasteiger partial charge on any atom is 0.191 e. The fraction of sp³-hybridized carbons (Fsp3) is 0.263. The molecule has 0 fully saturated rings. The van der Waals surface area contributed by atoms with E-state index in [0.717, 1.165) is 34.0 Å². The van der Waals surface area contributed by atoms with Crippen LogP contribution in [0.2, 0.25) is 0 Å². The molecule has 1 heterocycles. The Labute approximate surface area is 172 Å². The van der Waals surface area contributed by atoms with Crippen LogP contribution < -0.4 is 0 Å². The number of nitrogens with zero attached hydrogens (tertiary/aromatic N) is 3. The average molecular weight is 466 g/mol. The first kappa shape index (κ1) is 20.1. The fourth-order valence-electron chi connectivity index (χ4n) is 2.58. The summed E-state index contributed by atoms with van der Waals surface area (Å²) in [6.07, 6.45) is 2.10. The van der Waals surface area contributed by atoms with Gasteiger partial charge in [-0.05, 0) is 24.1 Å². The molecule has 3 aromatic rings. The van der Waals surface area contributed by atoms with Gasteiger partial charge >= 0.3 is 0 Å². The van der Waals surface area contributed by atoms with Crippen molar-refractivity contribution >= 4 is 37.5 Å². The summed E-state index contributed by atoms with van der Waals surface area (Å²) < 4.78 is 25.9. The Balaban J connectivity index is 1.84. The van der Waals surface area contributed by atoms with E-state index in [9.17, 15) is 8.42 Å². The highest BCUT2D eigenvalue weighted by Crippen LogP contribution is 2.26. The van der Waals surface area contributed by atoms with Gasteiger partial charge in [0.05, 0.1) is 5.75 Å². The molecule has 142 valence electrons. The second-order valence-corrected chi connectivity index (χ2v) is 10.4. The lowest BCUT2D eigenvalue weighted by Gasteiger charge is -2.10. The van der Waals surface area contributed by atoms with Gasteiger partial charge in [0, 0.05) is 28.6 Å². The van der Waals surface area contributed by atoms with Crippen molar-refractivity contribution in [1.82, 2.24) is 14.8 Å². The molecule has 0 radical (unpaired) electrons. The van der Waals surface area contributed by atoms with Gasteiger partial charge in [-0.1, -0.05) is 70.2 Å². The summed E-state index contributed by atoms with van der Waals surface area (Å²) in [6, 6.07) is 18.2. The number of hydrogen-bond donors (Lipinski definition) is 0. The van der Waals surface area contributed by atoms with E-state index in [1.54, 1.807) is 0 Å². The third kappa shape index (κ3) is 5.92. The quantitative estimate of drug-likeness (QED) is 0.468. The van der Waals surface area contributed by atoms with Crippen LogP contribution in [0.4, 0.5) is 0 Å². The molecule has 0 atom stereocenters. The molecule has 0 bridgehead atoms. The van der Waals surface area contributed by atoms with Crippen molar-refractivity contribution in [3.63, 3.8) is 0 Å². The molecular formula is C19H20BrN3O2S2. The minimum Gasteiger partial charge on any atom is -0.302 e. The highest BCUT2D eigenvalue weighted by molar-refractivity contribution is 9.10. The molecule has 0 aliphatic carbocycles. The van der Waals surface area contributed by atoms with Gasteiger partial charge in [0.1, 0.15) is 9.84 Å². The molecule has 8 heteroatoms. The van der Waals surface area contributed by atoms with Crippen LogP contribution in [-0.2, 0) is 22.8 Å². The highest BCUT2D eigenvalue weighted by atomic mass is 79.9. The zero-order chi connectivity index (χ0) is 19.3. The summed E-state index contributed by atoms with van der Waals surface area (Å²) in [5, 5.41) is 9.43. The van der Waals surface area contributed by atoms with Gasteiger partial charge < -0.3 is 4.57 Å². The maximum atomic E-state index is 11.4. The predicted molar refractivity (Wildman–Crippen MR) is 114 cm³/mol. The van der Waals surface area contributed by atoms with Crippen LogP contribution >= 0.6 is 27.7 Å². The number of benzene rings is 2. The molecule has 0 N–H and O–H groups in total. The van der Waals surface area contributed by atoms with Gasteiger partial charge in [0.15, 0.2) is 11.0 Å². The van der Waals surface area contributed by atoms with Crippen LogP contribution in [0, 0.1) is 0 Å². The topological polar surface area (TPSA) is 64.8 Å². The van der Waals surface area contributed by atoms with Crippen LogP contribution in [0.15, 0.2) is 64.2 Å².